The highest BCUT2D eigenvalue weighted by atomic mass is 32.1. The minimum absolute atomic E-state index is 0.126. The molecule has 0 aromatic carbocycles. The van der Waals surface area contributed by atoms with Crippen molar-refractivity contribution in [1.29, 1.82) is 0 Å². The molecule has 0 spiro atoms. The van der Waals surface area contributed by atoms with E-state index in [0.29, 0.717) is 0 Å². The van der Waals surface area contributed by atoms with Crippen LogP contribution in [0.1, 0.15) is 23.4 Å². The van der Waals surface area contributed by atoms with E-state index < -0.39 is 0 Å². The van der Waals surface area contributed by atoms with Gasteiger partial charge >= 0.3 is 6.03 Å². The van der Waals surface area contributed by atoms with E-state index in [2.05, 4.69) is 9.37 Å². The molecule has 0 saturated carbocycles. The number of rotatable bonds is 1. The lowest BCUT2D eigenvalue weighted by Gasteiger charge is -2.10. The quantitative estimate of drug-likeness (QED) is 0.813. The van der Waals surface area contributed by atoms with Gasteiger partial charge in [0.05, 0.1) is 5.69 Å². The first kappa shape index (κ1) is 13.5. The third-order valence-electron chi connectivity index (χ3n) is 3.19. The van der Waals surface area contributed by atoms with E-state index in [1.54, 1.807) is 0 Å². The number of carbonyl (C=O) groups is 1. The van der Waals surface area contributed by atoms with Crippen LogP contribution in [0.3, 0.4) is 0 Å². The van der Waals surface area contributed by atoms with Crippen molar-refractivity contribution >= 4 is 28.9 Å². The minimum atomic E-state index is -0.126. The number of amides is 2. The Labute approximate surface area is 125 Å². The Morgan fingerprint density at radius 2 is 2.10 bits per heavy atom. The lowest BCUT2D eigenvalue weighted by molar-refractivity contribution is 0.218. The standard InChI is InChI=1S/C13H16N4OS2/c1-9-7-11(20-15-9)17-8-10(2)19-13(17)14-12(18)16-5-3-4-6-16/h7-8H,3-6H2,1-2H3. The predicted octanol–water partition coefficient (Wildman–Crippen LogP) is 2.73. The fourth-order valence-electron chi connectivity index (χ4n) is 2.22. The summed E-state index contributed by atoms with van der Waals surface area (Å²) >= 11 is 2.96. The summed E-state index contributed by atoms with van der Waals surface area (Å²) in [6.45, 7) is 5.64. The van der Waals surface area contributed by atoms with E-state index in [9.17, 15) is 4.79 Å². The van der Waals surface area contributed by atoms with Crippen LogP contribution < -0.4 is 4.80 Å². The van der Waals surface area contributed by atoms with Crippen LogP contribution in [-0.2, 0) is 0 Å². The molecule has 0 unspecified atom stereocenters. The first-order valence-corrected chi connectivity index (χ1v) is 8.19. The highest BCUT2D eigenvalue weighted by molar-refractivity contribution is 7.10. The van der Waals surface area contributed by atoms with E-state index in [0.717, 1.165) is 46.3 Å². The van der Waals surface area contributed by atoms with Gasteiger partial charge in [-0.05, 0) is 44.3 Å². The van der Waals surface area contributed by atoms with Crippen LogP contribution in [-0.4, -0.2) is 33.0 Å². The number of likely N-dealkylation sites (tertiary alicyclic amines) is 1. The molecule has 1 fully saturated rings. The van der Waals surface area contributed by atoms with E-state index in [-0.39, 0.29) is 6.03 Å². The van der Waals surface area contributed by atoms with Crippen molar-refractivity contribution in [3.63, 3.8) is 0 Å². The molecule has 0 aliphatic carbocycles. The maximum absolute atomic E-state index is 12.2. The Hall–Kier alpha value is -1.47. The minimum Gasteiger partial charge on any atom is -0.323 e. The Balaban J connectivity index is 1.98. The molecule has 0 N–H and O–H groups in total. The SMILES string of the molecule is Cc1cc(-n2cc(C)sc2=NC(=O)N2CCCC2)sn1. The average Bonchev–Trinajstić information content (AvgIpc) is 3.10. The number of aromatic nitrogens is 2. The number of carbonyl (C=O) groups excluding carboxylic acids is 1. The summed E-state index contributed by atoms with van der Waals surface area (Å²) in [6.07, 6.45) is 4.17. The molecule has 5 nitrogen and oxygen atoms in total. The summed E-state index contributed by atoms with van der Waals surface area (Å²) < 4.78 is 6.25. The highest BCUT2D eigenvalue weighted by Gasteiger charge is 2.17. The Kier molecular flexibility index (Phi) is 3.71. The van der Waals surface area contributed by atoms with Gasteiger partial charge in [-0.1, -0.05) is 0 Å². The second-order valence-corrected chi connectivity index (χ2v) is 6.89. The molecular weight excluding hydrogens is 292 g/mol. The molecule has 3 rings (SSSR count). The van der Waals surface area contributed by atoms with Gasteiger partial charge in [0.25, 0.3) is 0 Å². The van der Waals surface area contributed by atoms with Crippen molar-refractivity contribution in [2.75, 3.05) is 13.1 Å². The number of urea groups is 1. The van der Waals surface area contributed by atoms with E-state index in [1.807, 2.05) is 35.6 Å². The Bertz CT molecular complexity index is 691. The summed E-state index contributed by atoms with van der Waals surface area (Å²) in [7, 11) is 0. The molecule has 0 atom stereocenters. The normalized spacial score (nSPS) is 16.1. The number of nitrogens with zero attached hydrogens (tertiary/aromatic N) is 4. The molecule has 0 radical (unpaired) electrons. The van der Waals surface area contributed by atoms with Crippen LogP contribution in [0.2, 0.25) is 0 Å². The van der Waals surface area contributed by atoms with Crippen molar-refractivity contribution in [3.8, 4) is 5.00 Å². The molecule has 1 aliphatic rings. The van der Waals surface area contributed by atoms with Gasteiger partial charge in [0.1, 0.15) is 5.00 Å². The van der Waals surface area contributed by atoms with E-state index in [1.165, 1.54) is 22.9 Å². The molecule has 2 amide bonds. The molecule has 1 aliphatic heterocycles. The van der Waals surface area contributed by atoms with Gasteiger partial charge in [0.2, 0.25) is 0 Å². The molecule has 2 aromatic rings. The lowest BCUT2D eigenvalue weighted by atomic mass is 10.4. The summed E-state index contributed by atoms with van der Waals surface area (Å²) in [5, 5.41) is 1.000. The van der Waals surface area contributed by atoms with Gasteiger partial charge in [-0.25, -0.2) is 4.79 Å². The van der Waals surface area contributed by atoms with Crippen LogP contribution in [0.4, 0.5) is 4.79 Å². The summed E-state index contributed by atoms with van der Waals surface area (Å²) in [5.74, 6) is 0. The summed E-state index contributed by atoms with van der Waals surface area (Å²) in [4.78, 5) is 20.1. The predicted molar refractivity (Wildman–Crippen MR) is 80.6 cm³/mol. The summed E-state index contributed by atoms with van der Waals surface area (Å²) in [5.41, 5.74) is 0.984. The first-order chi connectivity index (χ1) is 9.63. The van der Waals surface area contributed by atoms with Crippen LogP contribution >= 0.6 is 22.9 Å². The first-order valence-electron chi connectivity index (χ1n) is 6.60. The van der Waals surface area contributed by atoms with Crippen LogP contribution in [0, 0.1) is 13.8 Å². The fourth-order valence-corrected chi connectivity index (χ4v) is 3.83. The molecule has 3 heterocycles. The third-order valence-corrected chi connectivity index (χ3v) is 4.97. The zero-order valence-corrected chi connectivity index (χ0v) is 13.1. The number of thiazole rings is 1. The maximum atomic E-state index is 12.2. The largest absolute Gasteiger partial charge is 0.346 e. The topological polar surface area (TPSA) is 50.5 Å². The van der Waals surface area contributed by atoms with E-state index in [4.69, 9.17) is 0 Å². The average molecular weight is 308 g/mol. The number of hydrogen-bond acceptors (Lipinski definition) is 4. The zero-order valence-electron chi connectivity index (χ0n) is 11.5. The monoisotopic (exact) mass is 308 g/mol. The van der Waals surface area contributed by atoms with Crippen LogP contribution in [0.5, 0.6) is 0 Å². The van der Waals surface area contributed by atoms with Crippen molar-refractivity contribution < 1.29 is 4.79 Å². The Morgan fingerprint density at radius 3 is 2.75 bits per heavy atom. The van der Waals surface area contributed by atoms with Crippen molar-refractivity contribution in [2.45, 2.75) is 26.7 Å². The molecule has 1 saturated heterocycles. The lowest BCUT2D eigenvalue weighted by Crippen LogP contribution is -2.27. The molecule has 0 bridgehead atoms. The number of aryl methyl sites for hydroxylation is 2. The second kappa shape index (κ2) is 5.49. The van der Waals surface area contributed by atoms with Crippen LogP contribution in [0.25, 0.3) is 5.00 Å². The summed E-state index contributed by atoms with van der Waals surface area (Å²) in [6, 6.07) is 1.88. The van der Waals surface area contributed by atoms with Crippen molar-refractivity contribution in [1.82, 2.24) is 13.8 Å². The third kappa shape index (κ3) is 2.69. The van der Waals surface area contributed by atoms with Gasteiger partial charge in [0, 0.05) is 24.2 Å². The second-order valence-electron chi connectivity index (χ2n) is 4.89. The van der Waals surface area contributed by atoms with Gasteiger partial charge in [0.15, 0.2) is 4.80 Å². The molecule has 20 heavy (non-hydrogen) atoms. The number of hydrogen-bond donors (Lipinski definition) is 0. The molecule has 106 valence electrons. The van der Waals surface area contributed by atoms with Crippen LogP contribution in [0.15, 0.2) is 17.3 Å². The Morgan fingerprint density at radius 1 is 1.35 bits per heavy atom. The van der Waals surface area contributed by atoms with Gasteiger partial charge in [-0.15, -0.1) is 11.3 Å². The van der Waals surface area contributed by atoms with Gasteiger partial charge < -0.3 is 4.90 Å². The smallest absolute Gasteiger partial charge is 0.323 e. The van der Waals surface area contributed by atoms with Gasteiger partial charge in [-0.2, -0.15) is 9.37 Å². The fraction of sp³-hybridized carbons (Fsp3) is 0.462. The molecule has 7 heteroatoms. The zero-order chi connectivity index (χ0) is 14.1. The molecule has 2 aromatic heterocycles. The van der Waals surface area contributed by atoms with Crippen molar-refractivity contribution in [3.05, 3.63) is 27.6 Å². The van der Waals surface area contributed by atoms with Crippen molar-refractivity contribution in [2.24, 2.45) is 4.99 Å². The molecular formula is C13H16N4OS2. The van der Waals surface area contributed by atoms with E-state index >= 15 is 0 Å². The maximum Gasteiger partial charge on any atom is 0.346 e. The highest BCUT2D eigenvalue weighted by Crippen LogP contribution is 2.16. The van der Waals surface area contributed by atoms with Gasteiger partial charge in [-0.3, -0.25) is 4.57 Å².